The van der Waals surface area contributed by atoms with Crippen molar-refractivity contribution < 1.29 is 19.4 Å². The second kappa shape index (κ2) is 9.05. The summed E-state index contributed by atoms with van der Waals surface area (Å²) in [5.41, 5.74) is 2.68. The highest BCUT2D eigenvalue weighted by Crippen LogP contribution is 2.23. The highest BCUT2D eigenvalue weighted by atomic mass is 16.5. The van der Waals surface area contributed by atoms with Crippen molar-refractivity contribution in [2.24, 2.45) is 0 Å². The highest BCUT2D eigenvalue weighted by Gasteiger charge is 2.21. The molecule has 1 heterocycles. The Labute approximate surface area is 179 Å². The minimum absolute atomic E-state index is 0.0125. The molecular weight excluding hydrogens is 390 g/mol. The Kier molecular flexibility index (Phi) is 5.85. The van der Waals surface area contributed by atoms with Crippen LogP contribution >= 0.6 is 0 Å². The van der Waals surface area contributed by atoms with E-state index in [4.69, 9.17) is 4.74 Å². The van der Waals surface area contributed by atoms with Crippen LogP contribution in [0.1, 0.15) is 16.8 Å². The zero-order chi connectivity index (χ0) is 21.6. The normalized spacial score (nSPS) is 11.3. The molecule has 4 rings (SSSR count). The Morgan fingerprint density at radius 3 is 2.45 bits per heavy atom. The number of carbonyl (C=O) groups excluding carboxylic acids is 1. The van der Waals surface area contributed by atoms with Gasteiger partial charge in [0.05, 0.1) is 16.8 Å². The SMILES string of the molecule is O=C(O)C(=O)C(=Cc1cccc(OCc2ccccc2)c1)c1ccc2ccccc2n1. The van der Waals surface area contributed by atoms with Crippen LogP contribution in [-0.4, -0.2) is 21.8 Å². The maximum absolute atomic E-state index is 12.4. The number of benzene rings is 3. The molecule has 0 saturated carbocycles. The number of pyridine rings is 1. The van der Waals surface area contributed by atoms with E-state index in [9.17, 15) is 14.7 Å². The Bertz CT molecular complexity index is 1280. The first-order chi connectivity index (χ1) is 15.1. The number of ketones is 1. The van der Waals surface area contributed by atoms with Crippen LogP contribution in [0.5, 0.6) is 5.75 Å². The number of fused-ring (bicyclic) bond motifs is 1. The van der Waals surface area contributed by atoms with Crippen molar-refractivity contribution in [2.45, 2.75) is 6.61 Å². The van der Waals surface area contributed by atoms with E-state index in [-0.39, 0.29) is 5.57 Å². The number of nitrogens with zero attached hydrogens (tertiary/aromatic N) is 1. The van der Waals surface area contributed by atoms with E-state index in [2.05, 4.69) is 4.98 Å². The molecule has 0 atom stereocenters. The smallest absolute Gasteiger partial charge is 0.377 e. The summed E-state index contributed by atoms with van der Waals surface area (Å²) in [6, 6.07) is 27.9. The predicted octanol–water partition coefficient (Wildman–Crippen LogP) is 5.01. The van der Waals surface area contributed by atoms with Crippen LogP contribution in [0.15, 0.2) is 91.0 Å². The fourth-order valence-corrected chi connectivity index (χ4v) is 3.19. The van der Waals surface area contributed by atoms with Gasteiger partial charge in [0, 0.05) is 5.39 Å². The lowest BCUT2D eigenvalue weighted by atomic mass is 10.0. The summed E-state index contributed by atoms with van der Waals surface area (Å²) in [6.07, 6.45) is 1.53. The molecule has 0 saturated heterocycles. The molecule has 0 aliphatic rings. The van der Waals surface area contributed by atoms with Gasteiger partial charge in [0.15, 0.2) is 0 Å². The molecule has 0 unspecified atom stereocenters. The minimum Gasteiger partial charge on any atom is -0.489 e. The van der Waals surface area contributed by atoms with Crippen LogP contribution in [0.25, 0.3) is 22.6 Å². The third kappa shape index (κ3) is 4.85. The number of carboxylic acid groups (broad SMARTS) is 1. The number of hydrogen-bond donors (Lipinski definition) is 1. The second-order valence-corrected chi connectivity index (χ2v) is 6.93. The van der Waals surface area contributed by atoms with Gasteiger partial charge >= 0.3 is 5.97 Å². The van der Waals surface area contributed by atoms with Gasteiger partial charge in [-0.1, -0.05) is 66.7 Å². The van der Waals surface area contributed by atoms with Crippen LogP contribution in [0.4, 0.5) is 0 Å². The van der Waals surface area contributed by atoms with E-state index >= 15 is 0 Å². The van der Waals surface area contributed by atoms with Crippen molar-refractivity contribution in [3.05, 3.63) is 108 Å². The van der Waals surface area contributed by atoms with Crippen molar-refractivity contribution in [1.29, 1.82) is 0 Å². The Morgan fingerprint density at radius 1 is 0.871 bits per heavy atom. The van der Waals surface area contributed by atoms with Crippen LogP contribution < -0.4 is 4.74 Å². The zero-order valence-corrected chi connectivity index (χ0v) is 16.6. The fraction of sp³-hybridized carbons (Fsp3) is 0.0385. The number of rotatable bonds is 7. The summed E-state index contributed by atoms with van der Waals surface area (Å²) in [5, 5.41) is 10.2. The van der Waals surface area contributed by atoms with Crippen LogP contribution in [0, 0.1) is 0 Å². The summed E-state index contributed by atoms with van der Waals surface area (Å²) in [4.78, 5) is 28.4. The van der Waals surface area contributed by atoms with Crippen LogP contribution in [-0.2, 0) is 16.2 Å². The maximum Gasteiger partial charge on any atom is 0.377 e. The minimum atomic E-state index is -1.53. The van der Waals surface area contributed by atoms with E-state index in [1.807, 2.05) is 66.7 Å². The molecule has 0 radical (unpaired) electrons. The van der Waals surface area contributed by atoms with Crippen molar-refractivity contribution in [3.8, 4) is 5.75 Å². The molecule has 0 spiro atoms. The largest absolute Gasteiger partial charge is 0.489 e. The van der Waals surface area contributed by atoms with E-state index in [0.717, 1.165) is 10.9 Å². The number of aliphatic carboxylic acids is 1. The summed E-state index contributed by atoms with van der Waals surface area (Å²) < 4.78 is 5.84. The van der Waals surface area contributed by atoms with E-state index in [0.29, 0.717) is 29.1 Å². The van der Waals surface area contributed by atoms with Crippen molar-refractivity contribution >= 4 is 34.3 Å². The first kappa shape index (κ1) is 20.0. The van der Waals surface area contributed by atoms with Crippen LogP contribution in [0.2, 0.25) is 0 Å². The van der Waals surface area contributed by atoms with Gasteiger partial charge in [-0.15, -0.1) is 0 Å². The van der Waals surface area contributed by atoms with Crippen molar-refractivity contribution in [1.82, 2.24) is 4.98 Å². The molecule has 0 aliphatic heterocycles. The fourth-order valence-electron chi connectivity index (χ4n) is 3.19. The van der Waals surface area contributed by atoms with Gasteiger partial charge < -0.3 is 9.84 Å². The monoisotopic (exact) mass is 409 g/mol. The molecule has 3 aromatic carbocycles. The molecule has 0 aliphatic carbocycles. The topological polar surface area (TPSA) is 76.5 Å². The van der Waals surface area contributed by atoms with Gasteiger partial charge in [-0.2, -0.15) is 0 Å². The molecule has 1 aromatic heterocycles. The predicted molar refractivity (Wildman–Crippen MR) is 119 cm³/mol. The summed E-state index contributed by atoms with van der Waals surface area (Å²) in [7, 11) is 0. The van der Waals surface area contributed by atoms with Gasteiger partial charge in [0.1, 0.15) is 12.4 Å². The molecule has 0 amide bonds. The summed E-state index contributed by atoms with van der Waals surface area (Å²) >= 11 is 0. The van der Waals surface area contributed by atoms with Gasteiger partial charge in [0.25, 0.3) is 5.78 Å². The number of para-hydroxylation sites is 1. The molecule has 5 nitrogen and oxygen atoms in total. The Balaban J connectivity index is 1.67. The van der Waals surface area contributed by atoms with E-state index in [1.54, 1.807) is 24.3 Å². The highest BCUT2D eigenvalue weighted by molar-refractivity contribution is 6.52. The van der Waals surface area contributed by atoms with E-state index in [1.165, 1.54) is 6.08 Å². The Morgan fingerprint density at radius 2 is 1.65 bits per heavy atom. The van der Waals surface area contributed by atoms with E-state index < -0.39 is 11.8 Å². The first-order valence-corrected chi connectivity index (χ1v) is 9.72. The van der Waals surface area contributed by atoms with Gasteiger partial charge in [-0.05, 0) is 41.5 Å². The Hall–Kier alpha value is -4.25. The molecule has 152 valence electrons. The van der Waals surface area contributed by atoms with Gasteiger partial charge in [0.2, 0.25) is 0 Å². The molecule has 4 aromatic rings. The number of aromatic nitrogens is 1. The molecule has 1 N–H and O–H groups in total. The number of ether oxygens (including phenoxy) is 1. The number of Topliss-reactive ketones (excluding diaryl/α,β-unsaturated/α-hetero) is 1. The van der Waals surface area contributed by atoms with Crippen LogP contribution in [0.3, 0.4) is 0 Å². The van der Waals surface area contributed by atoms with Gasteiger partial charge in [-0.25, -0.2) is 9.78 Å². The molecular formula is C26H19NO4. The number of carbonyl (C=O) groups is 2. The van der Waals surface area contributed by atoms with Crippen molar-refractivity contribution in [2.75, 3.05) is 0 Å². The quantitative estimate of drug-likeness (QED) is 0.343. The lowest BCUT2D eigenvalue weighted by molar-refractivity contribution is -0.146. The third-order valence-corrected chi connectivity index (χ3v) is 4.73. The molecule has 5 heteroatoms. The molecule has 0 fully saturated rings. The number of carboxylic acids is 1. The summed E-state index contributed by atoms with van der Waals surface area (Å²) in [5.74, 6) is -1.93. The van der Waals surface area contributed by atoms with Gasteiger partial charge in [-0.3, -0.25) is 4.79 Å². The lowest BCUT2D eigenvalue weighted by Crippen LogP contribution is -2.15. The molecule has 0 bridgehead atoms. The lowest BCUT2D eigenvalue weighted by Gasteiger charge is -2.08. The average Bonchev–Trinajstić information content (AvgIpc) is 2.81. The molecule has 31 heavy (non-hydrogen) atoms. The summed E-state index contributed by atoms with van der Waals surface area (Å²) in [6.45, 7) is 0.404. The average molecular weight is 409 g/mol. The first-order valence-electron chi connectivity index (χ1n) is 9.72. The third-order valence-electron chi connectivity index (χ3n) is 4.73. The second-order valence-electron chi connectivity index (χ2n) is 6.93. The maximum atomic E-state index is 12.4. The standard InChI is InChI=1S/C26H19NO4/c28-25(26(29)30)22(24-14-13-20-10-4-5-12-23(20)27-24)16-19-9-6-11-21(15-19)31-17-18-7-2-1-3-8-18/h1-16H,17H2,(H,29,30). The number of hydrogen-bond acceptors (Lipinski definition) is 4. The zero-order valence-electron chi connectivity index (χ0n) is 16.6. The van der Waals surface area contributed by atoms with Crippen molar-refractivity contribution in [3.63, 3.8) is 0 Å².